The molecule has 0 spiro atoms. The highest BCUT2D eigenvalue weighted by Gasteiger charge is 2.38. The third kappa shape index (κ3) is 2.36. The molecule has 0 saturated carbocycles. The lowest BCUT2D eigenvalue weighted by Crippen LogP contribution is -2.46. The van der Waals surface area contributed by atoms with Crippen molar-refractivity contribution in [2.45, 2.75) is 63.7 Å². The number of nitrogens with one attached hydrogen (secondary N) is 1. The molecule has 1 aromatic rings. The van der Waals surface area contributed by atoms with Crippen LogP contribution in [-0.4, -0.2) is 30.1 Å². The SMILES string of the molecule is CCc1ccsc1CNC1CC2CCC(C1)N2C. The second-order valence-electron chi connectivity index (χ2n) is 5.82. The number of piperidine rings is 1. The Morgan fingerprint density at radius 2 is 2.06 bits per heavy atom. The highest BCUT2D eigenvalue weighted by molar-refractivity contribution is 7.10. The first-order chi connectivity index (χ1) is 8.78. The summed E-state index contributed by atoms with van der Waals surface area (Å²) in [4.78, 5) is 4.16. The number of aryl methyl sites for hydroxylation is 1. The fourth-order valence-corrected chi connectivity index (χ4v) is 4.58. The summed E-state index contributed by atoms with van der Waals surface area (Å²) in [7, 11) is 2.31. The van der Waals surface area contributed by atoms with Gasteiger partial charge in [0.05, 0.1) is 0 Å². The van der Waals surface area contributed by atoms with Gasteiger partial charge in [0.15, 0.2) is 0 Å². The van der Waals surface area contributed by atoms with Crippen LogP contribution in [0, 0.1) is 0 Å². The number of hydrogen-bond acceptors (Lipinski definition) is 3. The Morgan fingerprint density at radius 1 is 1.33 bits per heavy atom. The molecule has 2 unspecified atom stereocenters. The van der Waals surface area contributed by atoms with Crippen molar-refractivity contribution >= 4 is 11.3 Å². The van der Waals surface area contributed by atoms with E-state index in [0.29, 0.717) is 0 Å². The zero-order valence-electron chi connectivity index (χ0n) is 11.5. The Balaban J connectivity index is 1.55. The molecular weight excluding hydrogens is 240 g/mol. The second-order valence-corrected chi connectivity index (χ2v) is 6.82. The Morgan fingerprint density at radius 3 is 2.72 bits per heavy atom. The monoisotopic (exact) mass is 264 g/mol. The molecule has 2 nitrogen and oxygen atoms in total. The molecule has 18 heavy (non-hydrogen) atoms. The largest absolute Gasteiger partial charge is 0.309 e. The highest BCUT2D eigenvalue weighted by atomic mass is 32.1. The summed E-state index contributed by atoms with van der Waals surface area (Å²) < 4.78 is 0. The van der Waals surface area contributed by atoms with Gasteiger partial charge in [-0.25, -0.2) is 0 Å². The maximum absolute atomic E-state index is 3.80. The van der Waals surface area contributed by atoms with Crippen molar-refractivity contribution in [3.05, 3.63) is 21.9 Å². The van der Waals surface area contributed by atoms with Crippen LogP contribution in [0.1, 0.15) is 43.0 Å². The summed E-state index contributed by atoms with van der Waals surface area (Å²) in [6.45, 7) is 3.33. The minimum atomic E-state index is 0.741. The molecular formula is C15H24N2S. The molecule has 0 radical (unpaired) electrons. The van der Waals surface area contributed by atoms with Crippen LogP contribution in [0.25, 0.3) is 0 Å². The molecule has 2 aliphatic heterocycles. The van der Waals surface area contributed by atoms with E-state index in [1.54, 1.807) is 4.88 Å². The molecule has 1 aromatic heterocycles. The van der Waals surface area contributed by atoms with E-state index in [1.165, 1.54) is 37.7 Å². The molecule has 3 heteroatoms. The number of fused-ring (bicyclic) bond motifs is 2. The Hall–Kier alpha value is -0.380. The average Bonchev–Trinajstić information content (AvgIpc) is 2.89. The molecule has 2 aliphatic rings. The quantitative estimate of drug-likeness (QED) is 0.899. The molecule has 3 rings (SSSR count). The van der Waals surface area contributed by atoms with E-state index >= 15 is 0 Å². The van der Waals surface area contributed by atoms with Gasteiger partial charge in [-0.2, -0.15) is 0 Å². The lowest BCUT2D eigenvalue weighted by molar-refractivity contribution is 0.148. The van der Waals surface area contributed by atoms with Crippen molar-refractivity contribution in [1.29, 1.82) is 0 Å². The van der Waals surface area contributed by atoms with E-state index in [2.05, 4.69) is 35.6 Å². The van der Waals surface area contributed by atoms with Gasteiger partial charge >= 0.3 is 0 Å². The normalized spacial score (nSPS) is 32.0. The molecule has 3 heterocycles. The van der Waals surface area contributed by atoms with Gasteiger partial charge < -0.3 is 10.2 Å². The summed E-state index contributed by atoms with van der Waals surface area (Å²) in [5.41, 5.74) is 1.53. The third-order valence-corrected chi connectivity index (χ3v) is 5.83. The van der Waals surface area contributed by atoms with Crippen LogP contribution >= 0.6 is 11.3 Å². The topological polar surface area (TPSA) is 15.3 Å². The average molecular weight is 264 g/mol. The molecule has 2 atom stereocenters. The second kappa shape index (κ2) is 5.32. The first-order valence-electron chi connectivity index (χ1n) is 7.28. The van der Waals surface area contributed by atoms with Gasteiger partial charge in [0.1, 0.15) is 0 Å². The summed E-state index contributed by atoms with van der Waals surface area (Å²) in [6, 6.07) is 4.70. The summed E-state index contributed by atoms with van der Waals surface area (Å²) in [5, 5.41) is 6.03. The van der Waals surface area contributed by atoms with Gasteiger partial charge in [0.2, 0.25) is 0 Å². The number of thiophene rings is 1. The lowest BCUT2D eigenvalue weighted by Gasteiger charge is -2.36. The minimum Gasteiger partial charge on any atom is -0.309 e. The summed E-state index contributed by atoms with van der Waals surface area (Å²) in [5.74, 6) is 0. The zero-order valence-corrected chi connectivity index (χ0v) is 12.3. The van der Waals surface area contributed by atoms with Crippen molar-refractivity contribution < 1.29 is 0 Å². The molecule has 1 N–H and O–H groups in total. The first kappa shape index (κ1) is 12.6. The van der Waals surface area contributed by atoms with Crippen LogP contribution in [0.15, 0.2) is 11.4 Å². The van der Waals surface area contributed by atoms with Gasteiger partial charge in [-0.15, -0.1) is 11.3 Å². The molecule has 0 aromatic carbocycles. The standard InChI is InChI=1S/C15H24N2S/c1-3-11-6-7-18-15(11)10-16-12-8-13-4-5-14(9-12)17(13)2/h6-7,12-14,16H,3-5,8-10H2,1-2H3. The smallest absolute Gasteiger partial charge is 0.0305 e. The molecule has 2 saturated heterocycles. The summed E-state index contributed by atoms with van der Waals surface area (Å²) in [6.07, 6.45) is 6.69. The van der Waals surface area contributed by atoms with Gasteiger partial charge in [-0.05, 0) is 56.2 Å². The first-order valence-corrected chi connectivity index (χ1v) is 8.16. The van der Waals surface area contributed by atoms with Crippen LogP contribution in [0.2, 0.25) is 0 Å². The predicted octanol–water partition coefficient (Wildman–Crippen LogP) is 3.03. The molecule has 0 amide bonds. The van der Waals surface area contributed by atoms with Gasteiger partial charge in [0, 0.05) is 29.5 Å². The van der Waals surface area contributed by atoms with E-state index in [4.69, 9.17) is 0 Å². The van der Waals surface area contributed by atoms with Gasteiger partial charge in [0.25, 0.3) is 0 Å². The Kier molecular flexibility index (Phi) is 3.73. The number of rotatable bonds is 4. The summed E-state index contributed by atoms with van der Waals surface area (Å²) >= 11 is 1.91. The lowest BCUT2D eigenvalue weighted by atomic mass is 9.98. The van der Waals surface area contributed by atoms with E-state index in [0.717, 1.165) is 24.7 Å². The number of nitrogens with zero attached hydrogens (tertiary/aromatic N) is 1. The third-order valence-electron chi connectivity index (χ3n) is 4.87. The van der Waals surface area contributed by atoms with Gasteiger partial charge in [-0.3, -0.25) is 0 Å². The van der Waals surface area contributed by atoms with Crippen LogP contribution in [0.3, 0.4) is 0 Å². The highest BCUT2D eigenvalue weighted by Crippen LogP contribution is 2.34. The van der Waals surface area contributed by atoms with Crippen LogP contribution in [0.5, 0.6) is 0 Å². The van der Waals surface area contributed by atoms with Crippen molar-refractivity contribution in [2.24, 2.45) is 0 Å². The fraction of sp³-hybridized carbons (Fsp3) is 0.733. The van der Waals surface area contributed by atoms with E-state index in [-0.39, 0.29) is 0 Å². The van der Waals surface area contributed by atoms with E-state index in [9.17, 15) is 0 Å². The molecule has 100 valence electrons. The zero-order chi connectivity index (χ0) is 12.5. The van der Waals surface area contributed by atoms with E-state index in [1.807, 2.05) is 11.3 Å². The molecule has 2 bridgehead atoms. The van der Waals surface area contributed by atoms with Crippen LogP contribution < -0.4 is 5.32 Å². The molecule has 2 fully saturated rings. The predicted molar refractivity (Wildman–Crippen MR) is 78.1 cm³/mol. The van der Waals surface area contributed by atoms with Crippen molar-refractivity contribution in [3.8, 4) is 0 Å². The van der Waals surface area contributed by atoms with Crippen LogP contribution in [-0.2, 0) is 13.0 Å². The maximum atomic E-state index is 3.80. The molecule has 0 aliphatic carbocycles. The van der Waals surface area contributed by atoms with E-state index < -0.39 is 0 Å². The number of hydrogen-bond donors (Lipinski definition) is 1. The van der Waals surface area contributed by atoms with Crippen LogP contribution in [0.4, 0.5) is 0 Å². The Bertz CT molecular complexity index is 387. The fourth-order valence-electron chi connectivity index (χ4n) is 3.65. The maximum Gasteiger partial charge on any atom is 0.0305 e. The van der Waals surface area contributed by atoms with Gasteiger partial charge in [-0.1, -0.05) is 6.92 Å². The van der Waals surface area contributed by atoms with Crippen molar-refractivity contribution in [2.75, 3.05) is 7.05 Å². The Labute approximate surface area is 114 Å². The van der Waals surface area contributed by atoms with Crippen molar-refractivity contribution in [3.63, 3.8) is 0 Å². The minimum absolute atomic E-state index is 0.741. The van der Waals surface area contributed by atoms with Crippen molar-refractivity contribution in [1.82, 2.24) is 10.2 Å².